The maximum absolute atomic E-state index is 11.9. The summed E-state index contributed by atoms with van der Waals surface area (Å²) in [4.78, 5) is 11.9. The molecule has 3 aromatic rings. The van der Waals surface area contributed by atoms with Crippen LogP contribution in [0.3, 0.4) is 0 Å². The van der Waals surface area contributed by atoms with Crippen LogP contribution in [0.15, 0.2) is 72.8 Å². The fourth-order valence-corrected chi connectivity index (χ4v) is 3.33. The molecule has 0 aromatic heterocycles. The number of hydrogen-bond acceptors (Lipinski definition) is 3. The number of aromatic carboxylic acids is 1. The van der Waals surface area contributed by atoms with Crippen LogP contribution in [-0.2, 0) is 5.79 Å². The van der Waals surface area contributed by atoms with Crippen LogP contribution in [0.4, 0.5) is 0 Å². The fraction of sp³-hybridized carbons (Fsp3) is 0.174. The first kappa shape index (κ1) is 17.2. The van der Waals surface area contributed by atoms with Gasteiger partial charge < -0.3 is 14.6 Å². The maximum Gasteiger partial charge on any atom is 0.339 e. The standard InChI is InChI=1S/C23H20O4/c1-15(2)16-13-19(22(24)25)21-20(14-16)26-23(27-21,17-9-5-3-6-10-17)18-11-7-4-8-12-18/h3-15H,1-2H3,(H,24,25). The van der Waals surface area contributed by atoms with Gasteiger partial charge in [0.05, 0.1) is 0 Å². The Kier molecular flexibility index (Phi) is 4.11. The molecule has 0 amide bonds. The average molecular weight is 360 g/mol. The minimum absolute atomic E-state index is 0.116. The van der Waals surface area contributed by atoms with Gasteiger partial charge in [0.1, 0.15) is 5.56 Å². The Labute approximate surface area is 158 Å². The molecule has 0 fully saturated rings. The largest absolute Gasteiger partial charge is 0.478 e. The van der Waals surface area contributed by atoms with Gasteiger partial charge in [0, 0.05) is 11.1 Å². The summed E-state index contributed by atoms with van der Waals surface area (Å²) in [7, 11) is 0. The molecule has 0 atom stereocenters. The smallest absolute Gasteiger partial charge is 0.339 e. The van der Waals surface area contributed by atoms with Gasteiger partial charge in [-0.3, -0.25) is 0 Å². The van der Waals surface area contributed by atoms with Crippen molar-refractivity contribution in [2.24, 2.45) is 0 Å². The molecule has 1 N–H and O–H groups in total. The SMILES string of the molecule is CC(C)c1cc2c(c(C(=O)O)c1)OC(c1ccccc1)(c1ccccc1)O2. The van der Waals surface area contributed by atoms with Crippen molar-refractivity contribution in [2.75, 3.05) is 0 Å². The molecule has 0 bridgehead atoms. The van der Waals surface area contributed by atoms with Crippen LogP contribution in [0, 0.1) is 0 Å². The molecule has 4 nitrogen and oxygen atoms in total. The number of hydrogen-bond donors (Lipinski definition) is 1. The van der Waals surface area contributed by atoms with Crippen LogP contribution in [0.5, 0.6) is 11.5 Å². The van der Waals surface area contributed by atoms with Crippen LogP contribution >= 0.6 is 0 Å². The van der Waals surface area contributed by atoms with Crippen molar-refractivity contribution in [1.82, 2.24) is 0 Å². The summed E-state index contributed by atoms with van der Waals surface area (Å²) < 4.78 is 12.7. The quantitative estimate of drug-likeness (QED) is 0.696. The topological polar surface area (TPSA) is 55.8 Å². The predicted molar refractivity (Wildman–Crippen MR) is 102 cm³/mol. The molecule has 136 valence electrons. The van der Waals surface area contributed by atoms with Gasteiger partial charge in [-0.05, 0) is 23.6 Å². The normalized spacial score (nSPS) is 14.3. The highest BCUT2D eigenvalue weighted by molar-refractivity contribution is 5.92. The Balaban J connectivity index is 1.93. The van der Waals surface area contributed by atoms with E-state index in [0.29, 0.717) is 5.75 Å². The molecule has 4 rings (SSSR count). The van der Waals surface area contributed by atoms with Gasteiger partial charge in [0.15, 0.2) is 11.5 Å². The van der Waals surface area contributed by atoms with E-state index >= 15 is 0 Å². The minimum atomic E-state index is -1.22. The molecule has 0 unspecified atom stereocenters. The zero-order valence-electron chi connectivity index (χ0n) is 15.2. The highest BCUT2D eigenvalue weighted by Crippen LogP contribution is 2.50. The fourth-order valence-electron chi connectivity index (χ4n) is 3.33. The molecule has 4 heteroatoms. The van der Waals surface area contributed by atoms with Gasteiger partial charge in [0.25, 0.3) is 0 Å². The lowest BCUT2D eigenvalue weighted by Gasteiger charge is -2.28. The molecule has 0 saturated carbocycles. The number of benzene rings is 3. The van der Waals surface area contributed by atoms with E-state index in [4.69, 9.17) is 9.47 Å². The lowest BCUT2D eigenvalue weighted by molar-refractivity contribution is -0.0462. The van der Waals surface area contributed by atoms with Crippen LogP contribution in [0.2, 0.25) is 0 Å². The first-order chi connectivity index (χ1) is 13.0. The summed E-state index contributed by atoms with van der Waals surface area (Å²) in [6, 6.07) is 22.7. The maximum atomic E-state index is 11.9. The summed E-state index contributed by atoms with van der Waals surface area (Å²) in [6.07, 6.45) is 0. The van der Waals surface area contributed by atoms with Gasteiger partial charge in [-0.2, -0.15) is 0 Å². The second-order valence-corrected chi connectivity index (χ2v) is 6.91. The number of fused-ring (bicyclic) bond motifs is 1. The van der Waals surface area contributed by atoms with E-state index in [2.05, 4.69) is 0 Å². The third-order valence-corrected chi connectivity index (χ3v) is 4.78. The summed E-state index contributed by atoms with van der Waals surface area (Å²) in [5.74, 6) is -1.37. The molecule has 0 radical (unpaired) electrons. The van der Waals surface area contributed by atoms with Crippen molar-refractivity contribution >= 4 is 5.97 Å². The second-order valence-electron chi connectivity index (χ2n) is 6.91. The van der Waals surface area contributed by atoms with Crippen LogP contribution in [0.1, 0.15) is 46.8 Å². The number of carboxylic acids is 1. The van der Waals surface area contributed by atoms with Crippen molar-refractivity contribution < 1.29 is 19.4 Å². The lowest BCUT2D eigenvalue weighted by Crippen LogP contribution is -2.36. The van der Waals surface area contributed by atoms with E-state index in [-0.39, 0.29) is 17.2 Å². The van der Waals surface area contributed by atoms with Crippen molar-refractivity contribution in [3.63, 3.8) is 0 Å². The molecular weight excluding hydrogens is 340 g/mol. The van der Waals surface area contributed by atoms with E-state index in [0.717, 1.165) is 16.7 Å². The molecular formula is C23H20O4. The summed E-state index contributed by atoms with van der Waals surface area (Å²) >= 11 is 0. The summed E-state index contributed by atoms with van der Waals surface area (Å²) in [5, 5.41) is 9.73. The number of carboxylic acid groups (broad SMARTS) is 1. The molecule has 1 aliphatic heterocycles. The van der Waals surface area contributed by atoms with Crippen molar-refractivity contribution in [2.45, 2.75) is 25.6 Å². The summed E-state index contributed by atoms with van der Waals surface area (Å²) in [6.45, 7) is 4.04. The number of ether oxygens (including phenoxy) is 2. The molecule has 27 heavy (non-hydrogen) atoms. The molecule has 1 heterocycles. The van der Waals surface area contributed by atoms with Crippen LogP contribution in [0.25, 0.3) is 0 Å². The van der Waals surface area contributed by atoms with Crippen LogP contribution < -0.4 is 9.47 Å². The molecule has 0 saturated heterocycles. The Hall–Kier alpha value is -3.27. The van der Waals surface area contributed by atoms with Crippen molar-refractivity contribution in [3.8, 4) is 11.5 Å². The third kappa shape index (κ3) is 2.83. The van der Waals surface area contributed by atoms with E-state index in [9.17, 15) is 9.90 Å². The van der Waals surface area contributed by atoms with Gasteiger partial charge in [-0.25, -0.2) is 4.79 Å². The minimum Gasteiger partial charge on any atom is -0.478 e. The van der Waals surface area contributed by atoms with E-state index in [1.807, 2.05) is 80.6 Å². The zero-order valence-corrected chi connectivity index (χ0v) is 15.2. The summed E-state index contributed by atoms with van der Waals surface area (Å²) in [5.41, 5.74) is 2.61. The highest BCUT2D eigenvalue weighted by atomic mass is 16.7. The van der Waals surface area contributed by atoms with Gasteiger partial charge in [0.2, 0.25) is 0 Å². The number of rotatable bonds is 4. The zero-order chi connectivity index (χ0) is 19.0. The van der Waals surface area contributed by atoms with E-state index in [1.165, 1.54) is 0 Å². The molecule has 0 aliphatic carbocycles. The Morgan fingerprint density at radius 2 is 1.44 bits per heavy atom. The van der Waals surface area contributed by atoms with E-state index < -0.39 is 11.8 Å². The van der Waals surface area contributed by atoms with Crippen molar-refractivity contribution in [1.29, 1.82) is 0 Å². The van der Waals surface area contributed by atoms with Crippen LogP contribution in [-0.4, -0.2) is 11.1 Å². The third-order valence-electron chi connectivity index (χ3n) is 4.78. The van der Waals surface area contributed by atoms with Gasteiger partial charge >= 0.3 is 11.8 Å². The molecule has 1 aliphatic rings. The molecule has 3 aromatic carbocycles. The lowest BCUT2D eigenvalue weighted by atomic mass is 9.97. The Morgan fingerprint density at radius 1 is 0.889 bits per heavy atom. The second kappa shape index (κ2) is 6.47. The average Bonchev–Trinajstić information content (AvgIpc) is 3.09. The highest BCUT2D eigenvalue weighted by Gasteiger charge is 2.47. The van der Waals surface area contributed by atoms with E-state index in [1.54, 1.807) is 6.07 Å². The molecule has 0 spiro atoms. The first-order valence-corrected chi connectivity index (χ1v) is 8.91. The Bertz CT molecular complexity index is 939. The predicted octanol–water partition coefficient (Wildman–Crippen LogP) is 5.18. The van der Waals surface area contributed by atoms with Gasteiger partial charge in [-0.1, -0.05) is 74.5 Å². The number of carbonyl (C=O) groups is 1. The first-order valence-electron chi connectivity index (χ1n) is 8.91. The Morgan fingerprint density at radius 3 is 1.93 bits per heavy atom. The monoisotopic (exact) mass is 360 g/mol. The van der Waals surface area contributed by atoms with Gasteiger partial charge in [-0.15, -0.1) is 0 Å². The van der Waals surface area contributed by atoms with Crippen molar-refractivity contribution in [3.05, 3.63) is 95.1 Å².